The number of rotatable bonds is 0. The summed E-state index contributed by atoms with van der Waals surface area (Å²) in [6, 6.07) is 0. The third kappa shape index (κ3) is 1.73. The van der Waals surface area contributed by atoms with Crippen LogP contribution in [0.3, 0.4) is 0 Å². The van der Waals surface area contributed by atoms with Crippen LogP contribution in [0.2, 0.25) is 0 Å². The summed E-state index contributed by atoms with van der Waals surface area (Å²) in [7, 11) is 0.453. The van der Waals surface area contributed by atoms with Crippen molar-refractivity contribution in [3.05, 3.63) is 0 Å². The highest BCUT2D eigenvalue weighted by atomic mass is 35.5. The molecule has 2 heterocycles. The summed E-state index contributed by atoms with van der Waals surface area (Å²) in [4.78, 5) is 0. The van der Waals surface area contributed by atoms with Gasteiger partial charge in [-0.25, -0.2) is 0 Å². The largest absolute Gasteiger partial charge is 0.260 e. The Hall–Kier alpha value is 0.310. The molecule has 2 atom stereocenters. The van der Waals surface area contributed by atoms with Crippen LogP contribution in [0.1, 0.15) is 32.1 Å². The van der Waals surface area contributed by atoms with E-state index in [1.165, 1.54) is 31.4 Å². The number of halogens is 1. The summed E-state index contributed by atoms with van der Waals surface area (Å²) in [6.45, 7) is 0. The monoisotopic (exact) mass is 192 g/mol. The van der Waals surface area contributed by atoms with Gasteiger partial charge in [-0.05, 0) is 19.3 Å². The Kier molecular flexibility index (Phi) is 3.26. The van der Waals surface area contributed by atoms with Crippen molar-refractivity contribution in [3.8, 4) is 0 Å². The van der Waals surface area contributed by atoms with Crippen LogP contribution < -0.4 is 0 Å². The van der Waals surface area contributed by atoms with Gasteiger partial charge in [0.05, 0.1) is 0 Å². The molecule has 64 valence electrons. The molecule has 11 heavy (non-hydrogen) atoms. The van der Waals surface area contributed by atoms with Crippen LogP contribution in [0.25, 0.3) is 0 Å². The second-order valence-corrected chi connectivity index (χ2v) is 5.64. The Labute approximate surface area is 77.2 Å². The van der Waals surface area contributed by atoms with Crippen molar-refractivity contribution >= 4 is 28.3 Å². The highest BCUT2D eigenvalue weighted by Gasteiger charge is 2.42. The van der Waals surface area contributed by atoms with Gasteiger partial charge in [0.2, 0.25) is 5.04 Å². The normalized spacial score (nSPS) is 36.2. The van der Waals surface area contributed by atoms with Gasteiger partial charge in [-0.2, -0.15) is 0 Å². The molecule has 1 N–H and O–H groups in total. The Morgan fingerprint density at radius 2 is 2.09 bits per heavy atom. The van der Waals surface area contributed by atoms with E-state index in [4.69, 9.17) is 5.41 Å². The first-order chi connectivity index (χ1) is 4.88. The first-order valence-electron chi connectivity index (χ1n) is 4.15. The Morgan fingerprint density at radius 3 is 2.82 bits per heavy atom. The molecule has 2 rings (SSSR count). The summed E-state index contributed by atoms with van der Waals surface area (Å²) in [6.07, 6.45) is 6.70. The van der Waals surface area contributed by atoms with Crippen LogP contribution in [-0.4, -0.2) is 16.0 Å². The molecule has 0 aromatic heterocycles. The molecule has 0 bridgehead atoms. The van der Waals surface area contributed by atoms with Crippen molar-refractivity contribution in [1.82, 2.24) is 0 Å². The van der Waals surface area contributed by atoms with Crippen LogP contribution >= 0.6 is 12.4 Å². The number of hydrogen-bond donors (Lipinski definition) is 1. The zero-order valence-corrected chi connectivity index (χ0v) is 8.27. The van der Waals surface area contributed by atoms with Gasteiger partial charge >= 0.3 is 0 Å². The van der Waals surface area contributed by atoms with Crippen LogP contribution in [0.15, 0.2) is 0 Å². The molecule has 0 aromatic carbocycles. The van der Waals surface area contributed by atoms with E-state index in [0.29, 0.717) is 10.9 Å². The van der Waals surface area contributed by atoms with E-state index in [9.17, 15) is 0 Å². The van der Waals surface area contributed by atoms with E-state index in [1.54, 1.807) is 0 Å². The van der Waals surface area contributed by atoms with Crippen molar-refractivity contribution in [2.24, 2.45) is 0 Å². The molecule has 0 aliphatic carbocycles. The third-order valence-corrected chi connectivity index (χ3v) is 5.39. The zero-order chi connectivity index (χ0) is 6.97. The van der Waals surface area contributed by atoms with Gasteiger partial charge in [0, 0.05) is 23.7 Å². The minimum atomic E-state index is 0. The predicted octanol–water partition coefficient (Wildman–Crippen LogP) is 2.35. The van der Waals surface area contributed by atoms with Crippen molar-refractivity contribution < 1.29 is 0 Å². The molecule has 3 heteroatoms. The summed E-state index contributed by atoms with van der Waals surface area (Å²) < 4.78 is 0. The Morgan fingerprint density at radius 1 is 1.27 bits per heavy atom. The summed E-state index contributed by atoms with van der Waals surface area (Å²) in [5, 5.41) is 9.72. The van der Waals surface area contributed by atoms with Crippen molar-refractivity contribution in [2.45, 2.75) is 37.4 Å². The first kappa shape index (κ1) is 9.40. The molecule has 2 aliphatic rings. The topological polar surface area (TPSA) is 23.9 Å². The van der Waals surface area contributed by atoms with E-state index in [-0.39, 0.29) is 12.4 Å². The SMILES string of the molecule is Cl.N=C1CCC2CCCC[S+]12. The standard InChI is InChI=1S/C8H14NS.ClH/c9-8-5-4-7-3-1-2-6-10(7)8;/h7,9H,1-6H2;1H/q+1;. The van der Waals surface area contributed by atoms with Gasteiger partial charge in [0.15, 0.2) is 0 Å². The van der Waals surface area contributed by atoms with E-state index >= 15 is 0 Å². The second kappa shape index (κ2) is 3.81. The fraction of sp³-hybridized carbons (Fsp3) is 0.875. The van der Waals surface area contributed by atoms with Crippen LogP contribution in [0.5, 0.6) is 0 Å². The number of nitrogens with one attached hydrogen (secondary N) is 1. The second-order valence-electron chi connectivity index (χ2n) is 3.21. The molecule has 0 aromatic rings. The highest BCUT2D eigenvalue weighted by Crippen LogP contribution is 2.32. The quantitative estimate of drug-likeness (QED) is 0.570. The van der Waals surface area contributed by atoms with E-state index in [2.05, 4.69) is 0 Å². The van der Waals surface area contributed by atoms with Gasteiger partial charge < -0.3 is 0 Å². The average Bonchev–Trinajstić information content (AvgIpc) is 2.34. The van der Waals surface area contributed by atoms with Gasteiger partial charge in [0.1, 0.15) is 11.0 Å². The molecule has 0 amide bonds. The average molecular weight is 193 g/mol. The fourth-order valence-electron chi connectivity index (χ4n) is 1.97. The molecule has 2 aliphatic heterocycles. The summed E-state index contributed by atoms with van der Waals surface area (Å²) in [5.74, 6) is 1.35. The first-order valence-corrected chi connectivity index (χ1v) is 5.61. The number of hydrogen-bond acceptors (Lipinski definition) is 1. The van der Waals surface area contributed by atoms with Crippen molar-refractivity contribution in [3.63, 3.8) is 0 Å². The lowest BCUT2D eigenvalue weighted by atomic mass is 10.1. The number of fused-ring (bicyclic) bond motifs is 1. The Balaban J connectivity index is 0.000000605. The van der Waals surface area contributed by atoms with E-state index < -0.39 is 0 Å². The lowest BCUT2D eigenvalue weighted by molar-refractivity contribution is 0.646. The molecule has 1 nitrogen and oxygen atoms in total. The fourth-order valence-corrected chi connectivity index (χ4v) is 4.70. The van der Waals surface area contributed by atoms with Gasteiger partial charge in [0.25, 0.3) is 0 Å². The van der Waals surface area contributed by atoms with Gasteiger partial charge in [-0.15, -0.1) is 12.4 Å². The molecule has 2 fully saturated rings. The summed E-state index contributed by atoms with van der Waals surface area (Å²) in [5.41, 5.74) is 0. The maximum absolute atomic E-state index is 7.69. The Bertz CT molecular complexity index is 160. The van der Waals surface area contributed by atoms with Gasteiger partial charge in [-0.3, -0.25) is 5.41 Å². The molecule has 2 unspecified atom stereocenters. The van der Waals surface area contributed by atoms with Gasteiger partial charge in [-0.1, -0.05) is 0 Å². The molecule has 2 saturated heterocycles. The highest BCUT2D eigenvalue weighted by molar-refractivity contribution is 8.12. The molecule has 0 spiro atoms. The minimum absolute atomic E-state index is 0. The molecular formula is C8H15ClNS+. The van der Waals surface area contributed by atoms with Crippen LogP contribution in [0.4, 0.5) is 0 Å². The molecule has 0 radical (unpaired) electrons. The van der Waals surface area contributed by atoms with E-state index in [1.807, 2.05) is 0 Å². The minimum Gasteiger partial charge on any atom is -0.260 e. The van der Waals surface area contributed by atoms with Crippen LogP contribution in [0, 0.1) is 5.41 Å². The third-order valence-electron chi connectivity index (χ3n) is 2.55. The maximum Gasteiger partial charge on any atom is 0.215 e. The molecule has 0 saturated carbocycles. The summed E-state index contributed by atoms with van der Waals surface area (Å²) >= 11 is 0. The smallest absolute Gasteiger partial charge is 0.215 e. The van der Waals surface area contributed by atoms with Crippen molar-refractivity contribution in [2.75, 3.05) is 5.75 Å². The lowest BCUT2D eigenvalue weighted by Crippen LogP contribution is -2.26. The van der Waals surface area contributed by atoms with Crippen LogP contribution in [-0.2, 0) is 10.9 Å². The lowest BCUT2D eigenvalue weighted by Gasteiger charge is -2.15. The maximum atomic E-state index is 7.69. The van der Waals surface area contributed by atoms with Crippen molar-refractivity contribution in [1.29, 1.82) is 5.41 Å². The zero-order valence-electron chi connectivity index (χ0n) is 6.64. The predicted molar refractivity (Wildman–Crippen MR) is 54.1 cm³/mol. The molecular weight excluding hydrogens is 178 g/mol. The van der Waals surface area contributed by atoms with E-state index in [0.717, 1.165) is 16.7 Å².